The number of nitrogens with zero attached hydrogens (tertiary/aromatic N) is 4. The van der Waals surface area contributed by atoms with Crippen LogP contribution in [0.5, 0.6) is 0 Å². The quantitative estimate of drug-likeness (QED) is 0.774. The summed E-state index contributed by atoms with van der Waals surface area (Å²) < 4.78 is 0. The van der Waals surface area contributed by atoms with Crippen molar-refractivity contribution in [2.45, 2.75) is 26.3 Å². The third kappa shape index (κ3) is 3.65. The largest absolute Gasteiger partial charge is 0.314 e. The van der Waals surface area contributed by atoms with Crippen molar-refractivity contribution in [3.63, 3.8) is 0 Å². The number of benzene rings is 2. The van der Waals surface area contributed by atoms with E-state index in [-0.39, 0.29) is 5.91 Å². The number of carbonyl (C=O) groups is 1. The van der Waals surface area contributed by atoms with Gasteiger partial charge >= 0.3 is 0 Å². The highest BCUT2D eigenvalue weighted by Crippen LogP contribution is 2.31. The number of aliphatic imine (C=N–C) groups is 1. The lowest BCUT2D eigenvalue weighted by Crippen LogP contribution is -2.54. The summed E-state index contributed by atoms with van der Waals surface area (Å²) in [7, 11) is 0. The van der Waals surface area contributed by atoms with E-state index < -0.39 is 0 Å². The van der Waals surface area contributed by atoms with Crippen LogP contribution in [0.2, 0.25) is 0 Å². The fourth-order valence-corrected chi connectivity index (χ4v) is 4.65. The van der Waals surface area contributed by atoms with Gasteiger partial charge in [0.15, 0.2) is 0 Å². The number of rotatable bonds is 5. The number of carbonyl (C=O) groups excluding carboxylic acids is 1. The Balaban J connectivity index is 1.34. The maximum Gasteiger partial charge on any atom is 0.259 e. The second kappa shape index (κ2) is 8.07. The molecule has 0 radical (unpaired) electrons. The van der Waals surface area contributed by atoms with Gasteiger partial charge in [0, 0.05) is 44.8 Å². The summed E-state index contributed by atoms with van der Waals surface area (Å²) in [6, 6.07) is 19.1. The molecule has 154 valence electrons. The summed E-state index contributed by atoms with van der Waals surface area (Å²) >= 11 is 0. The predicted octanol–water partition coefficient (Wildman–Crippen LogP) is 3.21. The second-order valence-corrected chi connectivity index (χ2v) is 8.40. The number of fused-ring (bicyclic) bond motifs is 2. The van der Waals surface area contributed by atoms with Crippen molar-refractivity contribution in [3.05, 3.63) is 82.6 Å². The van der Waals surface area contributed by atoms with E-state index >= 15 is 0 Å². The monoisotopic (exact) mass is 400 g/mol. The Labute approximate surface area is 178 Å². The number of amides is 1. The van der Waals surface area contributed by atoms with E-state index in [0.29, 0.717) is 13.1 Å². The van der Waals surface area contributed by atoms with E-state index in [0.717, 1.165) is 50.6 Å². The van der Waals surface area contributed by atoms with Gasteiger partial charge in [-0.3, -0.25) is 19.6 Å². The highest BCUT2D eigenvalue weighted by Gasteiger charge is 2.40. The first-order valence-electron chi connectivity index (χ1n) is 10.9. The van der Waals surface area contributed by atoms with E-state index in [1.54, 1.807) is 0 Å². The number of hydrogen-bond acceptors (Lipinski definition) is 4. The van der Waals surface area contributed by atoms with E-state index in [2.05, 4.69) is 65.3 Å². The molecule has 5 rings (SSSR count). The standard InChI is InChI=1S/C25H28N4O/c1-19-7-9-20(10-8-19)11-15-29-24(30)22-18-27(17-21-5-3-2-4-6-21)14-12-23(22)28-16-13-26-25(28)29/h2-10H,11-18H2,1H3. The third-order valence-corrected chi connectivity index (χ3v) is 6.28. The van der Waals surface area contributed by atoms with Crippen LogP contribution in [-0.2, 0) is 17.8 Å². The van der Waals surface area contributed by atoms with Gasteiger partial charge in [0.2, 0.25) is 5.96 Å². The van der Waals surface area contributed by atoms with E-state index in [1.165, 1.54) is 22.4 Å². The number of guanidine groups is 1. The van der Waals surface area contributed by atoms with Crippen LogP contribution in [-0.4, -0.2) is 59.3 Å². The summed E-state index contributed by atoms with van der Waals surface area (Å²) in [6.45, 7) is 7.01. The van der Waals surface area contributed by atoms with Gasteiger partial charge in [-0.1, -0.05) is 60.2 Å². The summed E-state index contributed by atoms with van der Waals surface area (Å²) in [4.78, 5) is 24.8. The molecule has 3 aliphatic heterocycles. The topological polar surface area (TPSA) is 39.2 Å². The Morgan fingerprint density at radius 1 is 0.967 bits per heavy atom. The molecule has 3 aliphatic rings. The smallest absolute Gasteiger partial charge is 0.259 e. The molecule has 30 heavy (non-hydrogen) atoms. The molecule has 2 aromatic rings. The van der Waals surface area contributed by atoms with Crippen molar-refractivity contribution in [2.24, 2.45) is 4.99 Å². The lowest BCUT2D eigenvalue weighted by molar-refractivity contribution is -0.125. The minimum Gasteiger partial charge on any atom is -0.314 e. The normalized spacial score (nSPS) is 19.1. The summed E-state index contributed by atoms with van der Waals surface area (Å²) in [5.74, 6) is 1.01. The Bertz CT molecular complexity index is 994. The zero-order valence-corrected chi connectivity index (χ0v) is 17.6. The Morgan fingerprint density at radius 2 is 1.77 bits per heavy atom. The second-order valence-electron chi connectivity index (χ2n) is 8.40. The molecule has 1 amide bonds. The van der Waals surface area contributed by atoms with Gasteiger partial charge in [0.1, 0.15) is 0 Å². The lowest BCUT2D eigenvalue weighted by Gasteiger charge is -2.42. The summed E-state index contributed by atoms with van der Waals surface area (Å²) in [6.07, 6.45) is 1.76. The van der Waals surface area contributed by atoms with Gasteiger partial charge in [0.05, 0.1) is 12.1 Å². The highest BCUT2D eigenvalue weighted by molar-refractivity contribution is 6.09. The van der Waals surface area contributed by atoms with Crippen LogP contribution in [0.4, 0.5) is 0 Å². The van der Waals surface area contributed by atoms with Crippen molar-refractivity contribution in [3.8, 4) is 0 Å². The van der Waals surface area contributed by atoms with E-state index in [9.17, 15) is 4.79 Å². The van der Waals surface area contributed by atoms with Crippen molar-refractivity contribution in [1.82, 2.24) is 14.7 Å². The average molecular weight is 401 g/mol. The zero-order chi connectivity index (χ0) is 20.5. The zero-order valence-electron chi connectivity index (χ0n) is 17.6. The predicted molar refractivity (Wildman–Crippen MR) is 119 cm³/mol. The van der Waals surface area contributed by atoms with Gasteiger partial charge in [-0.05, 0) is 24.5 Å². The molecule has 0 spiro atoms. The van der Waals surface area contributed by atoms with Gasteiger partial charge in [-0.25, -0.2) is 0 Å². The van der Waals surface area contributed by atoms with E-state index in [1.807, 2.05) is 11.0 Å². The Kier molecular flexibility index (Phi) is 5.13. The summed E-state index contributed by atoms with van der Waals surface area (Å²) in [5.41, 5.74) is 5.97. The molecule has 2 aromatic carbocycles. The van der Waals surface area contributed by atoms with Crippen LogP contribution in [0, 0.1) is 6.92 Å². The number of aryl methyl sites for hydroxylation is 1. The molecule has 5 heteroatoms. The van der Waals surface area contributed by atoms with Gasteiger partial charge in [-0.15, -0.1) is 0 Å². The van der Waals surface area contributed by atoms with Crippen molar-refractivity contribution in [1.29, 1.82) is 0 Å². The Morgan fingerprint density at radius 3 is 2.57 bits per heavy atom. The number of hydrogen-bond donors (Lipinski definition) is 0. The van der Waals surface area contributed by atoms with E-state index in [4.69, 9.17) is 4.99 Å². The molecule has 0 bridgehead atoms. The van der Waals surface area contributed by atoms with Gasteiger partial charge in [-0.2, -0.15) is 0 Å². The first-order valence-corrected chi connectivity index (χ1v) is 10.9. The molecule has 0 atom stereocenters. The molecule has 0 unspecified atom stereocenters. The third-order valence-electron chi connectivity index (χ3n) is 6.28. The molecule has 0 aliphatic carbocycles. The molecule has 0 saturated carbocycles. The average Bonchev–Trinajstić information content (AvgIpc) is 3.25. The first kappa shape index (κ1) is 19.1. The van der Waals surface area contributed by atoms with Crippen LogP contribution < -0.4 is 0 Å². The van der Waals surface area contributed by atoms with Gasteiger partial charge < -0.3 is 4.90 Å². The first-order chi connectivity index (χ1) is 14.7. The molecular formula is C25H28N4O. The summed E-state index contributed by atoms with van der Waals surface area (Å²) in [5, 5.41) is 0. The SMILES string of the molecule is Cc1ccc(CCN2C(=O)C3=C(CCN(Cc4ccccc4)C3)N3CCN=C23)cc1. The highest BCUT2D eigenvalue weighted by atomic mass is 16.2. The van der Waals surface area contributed by atoms with Gasteiger partial charge in [0.25, 0.3) is 5.91 Å². The molecular weight excluding hydrogens is 372 g/mol. The minimum atomic E-state index is 0.145. The molecule has 0 aromatic heterocycles. The minimum absolute atomic E-state index is 0.145. The molecule has 5 nitrogen and oxygen atoms in total. The van der Waals surface area contributed by atoms with Crippen LogP contribution in [0.15, 0.2) is 70.9 Å². The van der Waals surface area contributed by atoms with Crippen LogP contribution in [0.3, 0.4) is 0 Å². The fourth-order valence-electron chi connectivity index (χ4n) is 4.65. The molecule has 0 fully saturated rings. The van der Waals surface area contributed by atoms with Crippen LogP contribution in [0.25, 0.3) is 0 Å². The molecule has 0 N–H and O–H groups in total. The maximum absolute atomic E-state index is 13.5. The van der Waals surface area contributed by atoms with Crippen molar-refractivity contribution < 1.29 is 4.79 Å². The molecule has 0 saturated heterocycles. The maximum atomic E-state index is 13.5. The lowest BCUT2D eigenvalue weighted by atomic mass is 10.00. The van der Waals surface area contributed by atoms with Crippen LogP contribution in [0.1, 0.15) is 23.1 Å². The van der Waals surface area contributed by atoms with Crippen LogP contribution >= 0.6 is 0 Å². The van der Waals surface area contributed by atoms with Crippen molar-refractivity contribution >= 4 is 11.9 Å². The van der Waals surface area contributed by atoms with Crippen molar-refractivity contribution in [2.75, 3.05) is 32.7 Å². The Hall–Kier alpha value is -2.92. The fraction of sp³-hybridized carbons (Fsp3) is 0.360. The molecule has 3 heterocycles.